The molecular weight excluding hydrogens is 424 g/mol. The highest BCUT2D eigenvalue weighted by Gasteiger charge is 2.19. The van der Waals surface area contributed by atoms with E-state index in [0.717, 1.165) is 22.6 Å². The van der Waals surface area contributed by atoms with Crippen molar-refractivity contribution in [3.05, 3.63) is 127 Å². The molecule has 0 amide bonds. The van der Waals surface area contributed by atoms with Crippen LogP contribution in [0.1, 0.15) is 30.7 Å². The molecule has 1 N–H and O–H groups in total. The Morgan fingerprint density at radius 1 is 0.429 bits per heavy atom. The minimum atomic E-state index is 0.285. The molecule has 0 spiro atoms. The van der Waals surface area contributed by atoms with Crippen molar-refractivity contribution in [1.29, 1.82) is 0 Å². The van der Waals surface area contributed by atoms with Gasteiger partial charge in [0.25, 0.3) is 0 Å². The van der Waals surface area contributed by atoms with Gasteiger partial charge in [-0.15, -0.1) is 0 Å². The van der Waals surface area contributed by atoms with Crippen molar-refractivity contribution >= 4 is 0 Å². The number of hydrogen-bond donors (Lipinski definition) is 1. The third-order valence-electron chi connectivity index (χ3n) is 7.23. The molecule has 5 aromatic rings. The molecule has 0 bridgehead atoms. The SMILES string of the molecule is Oc1cccc(-c2cccc(-c3cccc(-c4cccc(-c5cccc(C6CCC6)c5)c4)c3)c2)c1. The van der Waals surface area contributed by atoms with E-state index in [1.165, 1.54) is 52.6 Å². The molecule has 1 aliphatic rings. The number of rotatable bonds is 5. The molecule has 1 fully saturated rings. The molecule has 1 aliphatic carbocycles. The number of phenolic OH excluding ortho intramolecular Hbond substituents is 1. The summed E-state index contributed by atoms with van der Waals surface area (Å²) in [6, 6.07) is 42.7. The van der Waals surface area contributed by atoms with Crippen molar-refractivity contribution in [2.24, 2.45) is 0 Å². The molecule has 170 valence electrons. The van der Waals surface area contributed by atoms with Crippen LogP contribution in [0.25, 0.3) is 44.5 Å². The van der Waals surface area contributed by atoms with E-state index in [4.69, 9.17) is 0 Å². The standard InChI is InChI=1S/C34H28O/c35-34-18-6-17-33(23-34)32-16-5-15-31(22-32)30-14-4-13-29(21-30)28-12-3-11-27(20-28)26-10-2-9-25(19-26)24-7-1-8-24/h2-6,9-24,35H,1,7-8H2. The van der Waals surface area contributed by atoms with Crippen LogP contribution in [0.2, 0.25) is 0 Å². The van der Waals surface area contributed by atoms with E-state index in [1.807, 2.05) is 12.1 Å². The highest BCUT2D eigenvalue weighted by atomic mass is 16.3. The largest absolute Gasteiger partial charge is 0.508 e. The van der Waals surface area contributed by atoms with Crippen LogP contribution in [0.15, 0.2) is 121 Å². The van der Waals surface area contributed by atoms with Gasteiger partial charge in [0.1, 0.15) is 5.75 Å². The average Bonchev–Trinajstić information content (AvgIpc) is 2.88. The normalized spacial score (nSPS) is 13.4. The van der Waals surface area contributed by atoms with Crippen molar-refractivity contribution in [2.75, 3.05) is 0 Å². The lowest BCUT2D eigenvalue weighted by molar-refractivity contribution is 0.420. The fraction of sp³-hybridized carbons (Fsp3) is 0.118. The zero-order valence-electron chi connectivity index (χ0n) is 19.7. The quantitative estimate of drug-likeness (QED) is 0.282. The van der Waals surface area contributed by atoms with Gasteiger partial charge < -0.3 is 5.11 Å². The zero-order valence-corrected chi connectivity index (χ0v) is 19.7. The third kappa shape index (κ3) is 4.50. The lowest BCUT2D eigenvalue weighted by atomic mass is 9.79. The second-order valence-electron chi connectivity index (χ2n) is 9.55. The molecule has 0 atom stereocenters. The fourth-order valence-electron chi connectivity index (χ4n) is 5.03. The van der Waals surface area contributed by atoms with E-state index in [-0.39, 0.29) is 5.75 Å². The first kappa shape index (κ1) is 21.4. The van der Waals surface area contributed by atoms with Gasteiger partial charge in [-0.25, -0.2) is 0 Å². The molecular formula is C34H28O. The highest BCUT2D eigenvalue weighted by molar-refractivity contribution is 5.79. The van der Waals surface area contributed by atoms with Crippen LogP contribution in [-0.4, -0.2) is 5.11 Å². The number of hydrogen-bond acceptors (Lipinski definition) is 1. The maximum atomic E-state index is 9.89. The van der Waals surface area contributed by atoms with E-state index in [1.54, 1.807) is 12.1 Å². The van der Waals surface area contributed by atoms with Crippen molar-refractivity contribution in [2.45, 2.75) is 25.2 Å². The summed E-state index contributed by atoms with van der Waals surface area (Å²) in [5, 5.41) is 9.89. The first-order valence-corrected chi connectivity index (χ1v) is 12.4. The van der Waals surface area contributed by atoms with Gasteiger partial charge in [0, 0.05) is 0 Å². The van der Waals surface area contributed by atoms with Crippen LogP contribution in [0.5, 0.6) is 5.75 Å². The van der Waals surface area contributed by atoms with Crippen LogP contribution < -0.4 is 0 Å². The molecule has 0 unspecified atom stereocenters. The lowest BCUT2D eigenvalue weighted by Gasteiger charge is -2.26. The van der Waals surface area contributed by atoms with Crippen LogP contribution in [0.3, 0.4) is 0 Å². The van der Waals surface area contributed by atoms with Gasteiger partial charge in [0.2, 0.25) is 0 Å². The first-order valence-electron chi connectivity index (χ1n) is 12.4. The Morgan fingerprint density at radius 3 is 1.20 bits per heavy atom. The fourth-order valence-corrected chi connectivity index (χ4v) is 5.03. The van der Waals surface area contributed by atoms with E-state index in [0.29, 0.717) is 0 Å². The molecule has 1 heteroatoms. The predicted molar refractivity (Wildman–Crippen MR) is 146 cm³/mol. The van der Waals surface area contributed by atoms with Gasteiger partial charge in [-0.05, 0) is 99.2 Å². The zero-order chi connectivity index (χ0) is 23.6. The lowest BCUT2D eigenvalue weighted by Crippen LogP contribution is -2.08. The third-order valence-corrected chi connectivity index (χ3v) is 7.23. The van der Waals surface area contributed by atoms with Crippen LogP contribution in [0, 0.1) is 0 Å². The molecule has 5 aromatic carbocycles. The number of benzene rings is 5. The van der Waals surface area contributed by atoms with Crippen LogP contribution in [-0.2, 0) is 0 Å². The van der Waals surface area contributed by atoms with E-state index in [2.05, 4.69) is 97.1 Å². The van der Waals surface area contributed by atoms with Crippen LogP contribution in [0.4, 0.5) is 0 Å². The summed E-state index contributed by atoms with van der Waals surface area (Å²) in [5.74, 6) is 1.03. The monoisotopic (exact) mass is 452 g/mol. The smallest absolute Gasteiger partial charge is 0.116 e. The van der Waals surface area contributed by atoms with E-state index >= 15 is 0 Å². The number of aromatic hydroxyl groups is 1. The van der Waals surface area contributed by atoms with Crippen LogP contribution >= 0.6 is 0 Å². The summed E-state index contributed by atoms with van der Waals surface area (Å²) >= 11 is 0. The van der Waals surface area contributed by atoms with Gasteiger partial charge in [-0.3, -0.25) is 0 Å². The van der Waals surface area contributed by atoms with Crippen molar-refractivity contribution in [1.82, 2.24) is 0 Å². The van der Waals surface area contributed by atoms with Crippen molar-refractivity contribution in [3.8, 4) is 50.3 Å². The van der Waals surface area contributed by atoms with Crippen molar-refractivity contribution < 1.29 is 5.11 Å². The predicted octanol–water partition coefficient (Wildman–Crippen LogP) is 9.33. The van der Waals surface area contributed by atoms with Gasteiger partial charge in [0.15, 0.2) is 0 Å². The molecule has 0 heterocycles. The highest BCUT2D eigenvalue weighted by Crippen LogP contribution is 2.38. The van der Waals surface area contributed by atoms with Crippen molar-refractivity contribution in [3.63, 3.8) is 0 Å². The Labute approximate surface area is 207 Å². The molecule has 0 radical (unpaired) electrons. The molecule has 1 nitrogen and oxygen atoms in total. The minimum absolute atomic E-state index is 0.285. The Morgan fingerprint density at radius 2 is 0.800 bits per heavy atom. The average molecular weight is 453 g/mol. The Kier molecular flexibility index (Phi) is 5.68. The molecule has 0 aromatic heterocycles. The topological polar surface area (TPSA) is 20.2 Å². The summed E-state index contributed by atoms with van der Waals surface area (Å²) in [6.45, 7) is 0. The van der Waals surface area contributed by atoms with Gasteiger partial charge in [0.05, 0.1) is 0 Å². The molecule has 0 aliphatic heterocycles. The van der Waals surface area contributed by atoms with E-state index in [9.17, 15) is 5.11 Å². The van der Waals surface area contributed by atoms with Gasteiger partial charge >= 0.3 is 0 Å². The summed E-state index contributed by atoms with van der Waals surface area (Å²) in [6.07, 6.45) is 4.00. The number of phenols is 1. The Bertz CT molecular complexity index is 1490. The van der Waals surface area contributed by atoms with Gasteiger partial charge in [-0.1, -0.05) is 97.4 Å². The Hall–Kier alpha value is -4.10. The summed E-state index contributed by atoms with van der Waals surface area (Å²) in [5.41, 5.74) is 10.9. The van der Waals surface area contributed by atoms with Gasteiger partial charge in [-0.2, -0.15) is 0 Å². The summed E-state index contributed by atoms with van der Waals surface area (Å²) in [7, 11) is 0. The first-order chi connectivity index (χ1) is 17.2. The maximum Gasteiger partial charge on any atom is 0.116 e. The molecule has 6 rings (SSSR count). The maximum absolute atomic E-state index is 9.89. The molecule has 1 saturated carbocycles. The summed E-state index contributed by atoms with van der Waals surface area (Å²) < 4.78 is 0. The second kappa shape index (κ2) is 9.27. The van der Waals surface area contributed by atoms with E-state index < -0.39 is 0 Å². The minimum Gasteiger partial charge on any atom is -0.508 e. The molecule has 35 heavy (non-hydrogen) atoms. The molecule has 0 saturated heterocycles. The second-order valence-corrected chi connectivity index (χ2v) is 9.55. The summed E-state index contributed by atoms with van der Waals surface area (Å²) in [4.78, 5) is 0. The Balaban J connectivity index is 1.33.